The lowest BCUT2D eigenvalue weighted by Gasteiger charge is -2.16. The highest BCUT2D eigenvalue weighted by Crippen LogP contribution is 2.42. The predicted molar refractivity (Wildman–Crippen MR) is 128 cm³/mol. The van der Waals surface area contributed by atoms with Crippen LogP contribution in [0.2, 0.25) is 0 Å². The predicted octanol–water partition coefficient (Wildman–Crippen LogP) is 5.76. The van der Waals surface area contributed by atoms with Crippen molar-refractivity contribution >= 4 is 56.7 Å². The van der Waals surface area contributed by atoms with Crippen LogP contribution < -0.4 is 19.1 Å². The summed E-state index contributed by atoms with van der Waals surface area (Å²) in [5.74, 6) is 1.84. The smallest absolute Gasteiger partial charge is 0.270 e. The van der Waals surface area contributed by atoms with Gasteiger partial charge in [0.25, 0.3) is 5.91 Å². The molecule has 0 atom stereocenters. The number of fused-ring (bicyclic) bond motifs is 2. The molecule has 0 saturated carbocycles. The number of thiocarbonyl (C=S) groups is 1. The molecule has 7 heteroatoms. The van der Waals surface area contributed by atoms with E-state index in [2.05, 4.69) is 0 Å². The Labute approximate surface area is 189 Å². The number of carbonyl (C=O) groups excluding carboxylic acids is 1. The lowest BCUT2D eigenvalue weighted by molar-refractivity contribution is -0.113. The van der Waals surface area contributed by atoms with Crippen molar-refractivity contribution in [2.24, 2.45) is 0 Å². The van der Waals surface area contributed by atoms with Crippen LogP contribution in [0.25, 0.3) is 16.8 Å². The number of benzene rings is 3. The van der Waals surface area contributed by atoms with E-state index in [0.717, 1.165) is 22.1 Å². The molecule has 1 saturated heterocycles. The van der Waals surface area contributed by atoms with Gasteiger partial charge in [0.1, 0.15) is 5.75 Å². The molecule has 0 aromatic heterocycles. The third kappa shape index (κ3) is 3.64. The van der Waals surface area contributed by atoms with Crippen molar-refractivity contribution in [1.29, 1.82) is 0 Å². The Kier molecular flexibility index (Phi) is 5.08. The van der Waals surface area contributed by atoms with Gasteiger partial charge in [-0.1, -0.05) is 54.3 Å². The maximum atomic E-state index is 13.3. The standard InChI is InChI=1S/C24H19NO4S2/c1-14(2)29-19-9-7-15-5-3-4-6-17(15)18(19)12-22-23(26)25(24(30)31-22)16-8-10-20-21(11-16)28-13-27-20/h3-12,14H,13H2,1-2H3. The van der Waals surface area contributed by atoms with Crippen LogP contribution in [0.1, 0.15) is 19.4 Å². The lowest BCUT2D eigenvalue weighted by Crippen LogP contribution is -2.27. The molecule has 5 nitrogen and oxygen atoms in total. The fourth-order valence-corrected chi connectivity index (χ4v) is 4.91. The number of ether oxygens (including phenoxy) is 3. The first-order valence-electron chi connectivity index (χ1n) is 9.87. The SMILES string of the molecule is CC(C)Oc1ccc2ccccc2c1C=C1SC(=S)N(c2ccc3c(c2)OCO3)C1=O. The van der Waals surface area contributed by atoms with E-state index in [4.69, 9.17) is 26.4 Å². The Morgan fingerprint density at radius 1 is 1.10 bits per heavy atom. The quantitative estimate of drug-likeness (QED) is 0.373. The van der Waals surface area contributed by atoms with E-state index in [0.29, 0.717) is 26.4 Å². The van der Waals surface area contributed by atoms with E-state index < -0.39 is 0 Å². The Balaban J connectivity index is 1.57. The summed E-state index contributed by atoms with van der Waals surface area (Å²) in [6.45, 7) is 4.15. The van der Waals surface area contributed by atoms with Crippen molar-refractivity contribution < 1.29 is 19.0 Å². The molecule has 0 spiro atoms. The average molecular weight is 450 g/mol. The summed E-state index contributed by atoms with van der Waals surface area (Å²) in [6.07, 6.45) is 1.89. The van der Waals surface area contributed by atoms with Crippen molar-refractivity contribution in [3.8, 4) is 17.2 Å². The summed E-state index contributed by atoms with van der Waals surface area (Å²) in [7, 11) is 0. The van der Waals surface area contributed by atoms with E-state index in [1.807, 2.05) is 62.4 Å². The fraction of sp³-hybridized carbons (Fsp3) is 0.167. The van der Waals surface area contributed by atoms with Crippen molar-refractivity contribution in [3.05, 3.63) is 65.1 Å². The molecule has 156 valence electrons. The molecule has 3 aromatic carbocycles. The molecule has 2 aliphatic heterocycles. The molecule has 2 heterocycles. The number of hydrogen-bond acceptors (Lipinski definition) is 6. The third-order valence-corrected chi connectivity index (χ3v) is 6.28. The molecule has 3 aromatic rings. The average Bonchev–Trinajstić information content (AvgIpc) is 3.32. The number of nitrogens with zero attached hydrogens (tertiary/aromatic N) is 1. The largest absolute Gasteiger partial charge is 0.490 e. The normalized spacial score (nSPS) is 16.7. The van der Waals surface area contributed by atoms with Gasteiger partial charge in [0.2, 0.25) is 6.79 Å². The van der Waals surface area contributed by atoms with Crippen molar-refractivity contribution in [2.45, 2.75) is 20.0 Å². The first-order valence-corrected chi connectivity index (χ1v) is 11.1. The Morgan fingerprint density at radius 2 is 1.90 bits per heavy atom. The molecule has 31 heavy (non-hydrogen) atoms. The molecule has 0 bridgehead atoms. The number of thioether (sulfide) groups is 1. The first kappa shape index (κ1) is 19.9. The minimum Gasteiger partial charge on any atom is -0.490 e. The highest BCUT2D eigenvalue weighted by Gasteiger charge is 2.34. The molecule has 1 amide bonds. The topological polar surface area (TPSA) is 48.0 Å². The zero-order valence-corrected chi connectivity index (χ0v) is 18.6. The van der Waals surface area contributed by atoms with Crippen molar-refractivity contribution in [3.63, 3.8) is 0 Å². The zero-order chi connectivity index (χ0) is 21.5. The second kappa shape index (κ2) is 7.90. The molecular weight excluding hydrogens is 430 g/mol. The first-order chi connectivity index (χ1) is 15.0. The maximum Gasteiger partial charge on any atom is 0.270 e. The maximum absolute atomic E-state index is 13.3. The van der Waals surface area contributed by atoms with Crippen LogP contribution in [-0.4, -0.2) is 23.1 Å². The Bertz CT molecular complexity index is 1250. The second-order valence-electron chi connectivity index (χ2n) is 7.42. The van der Waals surface area contributed by atoms with Crippen LogP contribution in [0.4, 0.5) is 5.69 Å². The summed E-state index contributed by atoms with van der Waals surface area (Å²) in [6, 6.07) is 17.4. The van der Waals surface area contributed by atoms with Gasteiger partial charge in [0, 0.05) is 11.6 Å². The van der Waals surface area contributed by atoms with Crippen LogP contribution in [0.3, 0.4) is 0 Å². The number of rotatable bonds is 4. The summed E-state index contributed by atoms with van der Waals surface area (Å²) >= 11 is 6.83. The monoisotopic (exact) mass is 449 g/mol. The van der Waals surface area contributed by atoms with Crippen LogP contribution in [0.15, 0.2) is 59.5 Å². The lowest BCUT2D eigenvalue weighted by atomic mass is 10.0. The summed E-state index contributed by atoms with van der Waals surface area (Å²) in [5.41, 5.74) is 1.53. The van der Waals surface area contributed by atoms with Gasteiger partial charge in [0.05, 0.1) is 16.7 Å². The van der Waals surface area contributed by atoms with Crippen LogP contribution in [0, 0.1) is 0 Å². The zero-order valence-electron chi connectivity index (χ0n) is 17.0. The number of hydrogen-bond donors (Lipinski definition) is 0. The third-order valence-electron chi connectivity index (χ3n) is 4.98. The molecule has 0 radical (unpaired) electrons. The van der Waals surface area contributed by atoms with Crippen molar-refractivity contribution in [1.82, 2.24) is 0 Å². The fourth-order valence-electron chi connectivity index (χ4n) is 3.63. The number of carbonyl (C=O) groups is 1. The molecule has 0 unspecified atom stereocenters. The highest BCUT2D eigenvalue weighted by atomic mass is 32.2. The number of amides is 1. The van der Waals surface area contributed by atoms with Crippen LogP contribution in [-0.2, 0) is 4.79 Å². The minimum atomic E-state index is -0.169. The summed E-state index contributed by atoms with van der Waals surface area (Å²) in [5, 5.41) is 2.10. The van der Waals surface area contributed by atoms with Gasteiger partial charge in [-0.25, -0.2) is 0 Å². The molecular formula is C24H19NO4S2. The summed E-state index contributed by atoms with van der Waals surface area (Å²) < 4.78 is 17.3. The van der Waals surface area contributed by atoms with Crippen LogP contribution >= 0.6 is 24.0 Å². The van der Waals surface area contributed by atoms with E-state index in [1.165, 1.54) is 16.7 Å². The van der Waals surface area contributed by atoms with Crippen molar-refractivity contribution in [2.75, 3.05) is 11.7 Å². The van der Waals surface area contributed by atoms with Gasteiger partial charge in [-0.3, -0.25) is 9.69 Å². The van der Waals surface area contributed by atoms with E-state index in [1.54, 1.807) is 12.1 Å². The second-order valence-corrected chi connectivity index (χ2v) is 9.10. The Morgan fingerprint density at radius 3 is 2.74 bits per heavy atom. The van der Waals surface area contributed by atoms with E-state index in [9.17, 15) is 4.79 Å². The van der Waals surface area contributed by atoms with Crippen LogP contribution in [0.5, 0.6) is 17.2 Å². The molecule has 5 rings (SSSR count). The highest BCUT2D eigenvalue weighted by molar-refractivity contribution is 8.27. The molecule has 0 aliphatic carbocycles. The van der Waals surface area contributed by atoms with Gasteiger partial charge in [0.15, 0.2) is 15.8 Å². The van der Waals surface area contributed by atoms with Gasteiger partial charge in [-0.15, -0.1) is 0 Å². The van der Waals surface area contributed by atoms with Gasteiger partial charge < -0.3 is 14.2 Å². The minimum absolute atomic E-state index is 0.0106. The van der Waals surface area contributed by atoms with Gasteiger partial charge in [-0.05, 0) is 48.9 Å². The van der Waals surface area contributed by atoms with Gasteiger partial charge in [-0.2, -0.15) is 0 Å². The Hall–Kier alpha value is -3.03. The molecule has 1 fully saturated rings. The van der Waals surface area contributed by atoms with E-state index >= 15 is 0 Å². The molecule has 2 aliphatic rings. The van der Waals surface area contributed by atoms with Gasteiger partial charge >= 0.3 is 0 Å². The number of anilines is 1. The summed E-state index contributed by atoms with van der Waals surface area (Å²) in [4.78, 5) is 15.4. The van der Waals surface area contributed by atoms with E-state index in [-0.39, 0.29) is 18.8 Å². The molecule has 0 N–H and O–H groups in total.